The van der Waals surface area contributed by atoms with E-state index in [9.17, 15) is 9.59 Å². The number of amides is 2. The first-order valence-corrected chi connectivity index (χ1v) is 9.66. The van der Waals surface area contributed by atoms with Crippen LogP contribution >= 0.6 is 0 Å². The average molecular weight is 377 g/mol. The van der Waals surface area contributed by atoms with E-state index in [0.29, 0.717) is 18.8 Å². The quantitative estimate of drug-likeness (QED) is 0.641. The van der Waals surface area contributed by atoms with Gasteiger partial charge < -0.3 is 4.57 Å². The van der Waals surface area contributed by atoms with Crippen LogP contribution in [0.15, 0.2) is 54.6 Å². The first-order valence-electron chi connectivity index (χ1n) is 9.66. The predicted octanol–water partition coefficient (Wildman–Crippen LogP) is 3.85. The van der Waals surface area contributed by atoms with Gasteiger partial charge in [0.25, 0.3) is 5.91 Å². The van der Waals surface area contributed by atoms with Crippen LogP contribution in [0.3, 0.4) is 0 Å². The van der Waals surface area contributed by atoms with Gasteiger partial charge in [-0.15, -0.1) is 0 Å². The number of aromatic nitrogens is 1. The number of carbonyl (C=O) groups is 2. The van der Waals surface area contributed by atoms with E-state index in [2.05, 4.69) is 30.8 Å². The molecule has 3 aromatic rings. The Hall–Kier alpha value is -3.08. The molecule has 0 radical (unpaired) electrons. The van der Waals surface area contributed by atoms with Crippen molar-refractivity contribution in [1.29, 1.82) is 0 Å². The number of rotatable bonds is 6. The monoisotopic (exact) mass is 377 g/mol. The van der Waals surface area contributed by atoms with Crippen LogP contribution in [-0.2, 0) is 22.6 Å². The molecule has 3 rings (SSSR count). The van der Waals surface area contributed by atoms with Gasteiger partial charge >= 0.3 is 0 Å². The molecule has 0 saturated heterocycles. The fraction of sp³-hybridized carbons (Fsp3) is 0.304. The number of nitrogens with one attached hydrogen (secondary N) is 2. The molecule has 2 aromatic carbocycles. The summed E-state index contributed by atoms with van der Waals surface area (Å²) in [6.45, 7) is 6.53. The second kappa shape index (κ2) is 8.74. The van der Waals surface area contributed by atoms with Gasteiger partial charge in [0.1, 0.15) is 6.54 Å². The molecule has 0 aliphatic heterocycles. The zero-order valence-electron chi connectivity index (χ0n) is 16.7. The fourth-order valence-corrected chi connectivity index (χ4v) is 3.68. The highest BCUT2D eigenvalue weighted by atomic mass is 16.2. The Kier molecular flexibility index (Phi) is 6.14. The molecule has 2 amide bonds. The van der Waals surface area contributed by atoms with Gasteiger partial charge in [-0.2, -0.15) is 0 Å². The van der Waals surface area contributed by atoms with E-state index in [-0.39, 0.29) is 18.4 Å². The minimum absolute atomic E-state index is 0.165. The van der Waals surface area contributed by atoms with Crippen molar-refractivity contribution in [3.05, 3.63) is 71.4 Å². The summed E-state index contributed by atoms with van der Waals surface area (Å²) in [4.78, 5) is 24.4. The maximum Gasteiger partial charge on any atom is 0.258 e. The molecular formula is C23H27N3O2. The maximum absolute atomic E-state index is 12.4. The lowest BCUT2D eigenvalue weighted by Crippen LogP contribution is -2.43. The van der Waals surface area contributed by atoms with Gasteiger partial charge in [-0.1, -0.05) is 62.4 Å². The van der Waals surface area contributed by atoms with Crippen molar-refractivity contribution < 1.29 is 9.59 Å². The summed E-state index contributed by atoms with van der Waals surface area (Å²) in [5, 5.41) is 1.18. The highest BCUT2D eigenvalue weighted by molar-refractivity contribution is 5.88. The van der Waals surface area contributed by atoms with Gasteiger partial charge in [-0.3, -0.25) is 20.4 Å². The number of carbonyl (C=O) groups excluding carboxylic acids is 2. The van der Waals surface area contributed by atoms with Crippen LogP contribution in [0.5, 0.6) is 0 Å². The van der Waals surface area contributed by atoms with Crippen LogP contribution < -0.4 is 10.9 Å². The summed E-state index contributed by atoms with van der Waals surface area (Å²) in [5.74, 6) is -0.0757. The van der Waals surface area contributed by atoms with E-state index in [1.54, 1.807) is 0 Å². The molecule has 0 aliphatic rings. The van der Waals surface area contributed by atoms with Gasteiger partial charge in [0.15, 0.2) is 0 Å². The molecule has 5 heteroatoms. The molecule has 2 N–H and O–H groups in total. The summed E-state index contributed by atoms with van der Waals surface area (Å²) in [7, 11) is 0. The van der Waals surface area contributed by atoms with Crippen molar-refractivity contribution in [3.8, 4) is 0 Å². The molecule has 5 nitrogen and oxygen atoms in total. The third-order valence-electron chi connectivity index (χ3n) is 4.98. The van der Waals surface area contributed by atoms with E-state index in [4.69, 9.17) is 0 Å². The first-order chi connectivity index (χ1) is 13.5. The molecule has 0 atom stereocenters. The van der Waals surface area contributed by atoms with E-state index in [0.717, 1.165) is 16.8 Å². The predicted molar refractivity (Wildman–Crippen MR) is 112 cm³/mol. The minimum Gasteiger partial charge on any atom is -0.335 e. The van der Waals surface area contributed by atoms with Gasteiger partial charge in [-0.05, 0) is 36.5 Å². The number of hydrazine groups is 1. The zero-order chi connectivity index (χ0) is 20.1. The molecule has 0 aliphatic carbocycles. The van der Waals surface area contributed by atoms with E-state index < -0.39 is 0 Å². The Morgan fingerprint density at radius 1 is 0.929 bits per heavy atom. The van der Waals surface area contributed by atoms with Crippen molar-refractivity contribution >= 4 is 22.7 Å². The molecule has 0 fully saturated rings. The Balaban J connectivity index is 1.61. The topological polar surface area (TPSA) is 63.1 Å². The van der Waals surface area contributed by atoms with Gasteiger partial charge in [0.05, 0.1) is 0 Å². The Labute approximate surface area is 165 Å². The van der Waals surface area contributed by atoms with Crippen LogP contribution in [0.4, 0.5) is 0 Å². The van der Waals surface area contributed by atoms with Gasteiger partial charge in [-0.25, -0.2) is 0 Å². The van der Waals surface area contributed by atoms with Crippen molar-refractivity contribution in [2.45, 2.75) is 46.1 Å². The number of fused-ring (bicyclic) bond motifs is 1. The molecule has 0 spiro atoms. The number of para-hydroxylation sites is 1. The summed E-state index contributed by atoms with van der Waals surface area (Å²) in [6, 6.07) is 17.9. The number of benzene rings is 2. The maximum atomic E-state index is 12.4. The molecule has 0 saturated carbocycles. The van der Waals surface area contributed by atoms with E-state index >= 15 is 0 Å². The highest BCUT2D eigenvalue weighted by Crippen LogP contribution is 2.31. The van der Waals surface area contributed by atoms with E-state index in [1.807, 2.05) is 60.0 Å². The smallest absolute Gasteiger partial charge is 0.258 e. The van der Waals surface area contributed by atoms with Gasteiger partial charge in [0.2, 0.25) is 5.91 Å². The first kappa shape index (κ1) is 19.7. The highest BCUT2D eigenvalue weighted by Gasteiger charge is 2.17. The Morgan fingerprint density at radius 3 is 2.29 bits per heavy atom. The summed E-state index contributed by atoms with van der Waals surface area (Å²) < 4.78 is 2.01. The molecule has 1 heterocycles. The largest absolute Gasteiger partial charge is 0.335 e. The summed E-state index contributed by atoms with van der Waals surface area (Å²) in [6.07, 6.45) is 0.967. The van der Waals surface area contributed by atoms with Crippen LogP contribution in [-0.4, -0.2) is 16.4 Å². The van der Waals surface area contributed by atoms with Crippen molar-refractivity contribution in [1.82, 2.24) is 15.4 Å². The summed E-state index contributed by atoms with van der Waals surface area (Å²) in [5.41, 5.74) is 9.53. The normalized spacial score (nSPS) is 11.0. The second-order valence-corrected chi connectivity index (χ2v) is 7.34. The van der Waals surface area contributed by atoms with E-state index in [1.165, 1.54) is 10.9 Å². The number of hydrogen-bond donors (Lipinski definition) is 2. The minimum atomic E-state index is -0.243. The molecular weight excluding hydrogens is 350 g/mol. The SMILES string of the molecule is Cc1c(C(C)C)c2ccccc2n1CC(=O)NNC(=O)CCc1ccccc1. The third-order valence-corrected chi connectivity index (χ3v) is 4.98. The Bertz CT molecular complexity index is 974. The molecule has 1 aromatic heterocycles. The van der Waals surface area contributed by atoms with Crippen molar-refractivity contribution in [3.63, 3.8) is 0 Å². The summed E-state index contributed by atoms with van der Waals surface area (Å²) >= 11 is 0. The average Bonchev–Trinajstić information content (AvgIpc) is 2.97. The van der Waals surface area contributed by atoms with Crippen LogP contribution in [0, 0.1) is 6.92 Å². The molecule has 28 heavy (non-hydrogen) atoms. The van der Waals surface area contributed by atoms with Crippen LogP contribution in [0.25, 0.3) is 10.9 Å². The lowest BCUT2D eigenvalue weighted by atomic mass is 10.00. The van der Waals surface area contributed by atoms with Crippen molar-refractivity contribution in [2.24, 2.45) is 0 Å². The molecule has 146 valence electrons. The van der Waals surface area contributed by atoms with Gasteiger partial charge in [0, 0.05) is 23.0 Å². The standard InChI is InChI=1S/C23H27N3O2/c1-16(2)23-17(3)26(20-12-8-7-11-19(20)23)15-22(28)25-24-21(27)14-13-18-9-5-4-6-10-18/h4-12,16H,13-15H2,1-3H3,(H,24,27)(H,25,28). The Morgan fingerprint density at radius 2 is 1.57 bits per heavy atom. The molecule has 0 bridgehead atoms. The zero-order valence-corrected chi connectivity index (χ0v) is 16.7. The molecule has 0 unspecified atom stereocenters. The number of hydrogen-bond acceptors (Lipinski definition) is 2. The van der Waals surface area contributed by atoms with Crippen molar-refractivity contribution in [2.75, 3.05) is 0 Å². The lowest BCUT2D eigenvalue weighted by molar-refractivity contribution is -0.129. The van der Waals surface area contributed by atoms with Crippen LogP contribution in [0.1, 0.15) is 43.0 Å². The fourth-order valence-electron chi connectivity index (χ4n) is 3.68. The van der Waals surface area contributed by atoms with Crippen LogP contribution in [0.2, 0.25) is 0 Å². The number of aryl methyl sites for hydroxylation is 1. The lowest BCUT2D eigenvalue weighted by Gasteiger charge is -2.11. The number of nitrogens with zero attached hydrogens (tertiary/aromatic N) is 1. The third kappa shape index (κ3) is 4.42. The second-order valence-electron chi connectivity index (χ2n) is 7.34.